The molecule has 2 N–H and O–H groups in total. The van der Waals surface area contributed by atoms with Crippen LogP contribution in [0.5, 0.6) is 0 Å². The van der Waals surface area contributed by atoms with Crippen LogP contribution >= 0.6 is 0 Å². The molecule has 1 unspecified atom stereocenters. The Bertz CT molecular complexity index is 481. The summed E-state index contributed by atoms with van der Waals surface area (Å²) >= 11 is 0. The minimum atomic E-state index is -0.299. The molecule has 0 spiro atoms. The molecule has 2 rings (SSSR count). The van der Waals surface area contributed by atoms with Crippen molar-refractivity contribution >= 4 is 11.6 Å². The number of amides is 1. The van der Waals surface area contributed by atoms with Crippen LogP contribution in [0.25, 0.3) is 0 Å². The Morgan fingerprint density at radius 3 is 2.74 bits per heavy atom. The van der Waals surface area contributed by atoms with Crippen LogP contribution in [0.4, 0.5) is 5.69 Å². The van der Waals surface area contributed by atoms with E-state index in [4.69, 9.17) is 5.26 Å². The summed E-state index contributed by atoms with van der Waals surface area (Å²) in [7, 11) is 0. The lowest BCUT2D eigenvalue weighted by Crippen LogP contribution is -2.47. The Labute approximate surface area is 113 Å². The second kappa shape index (κ2) is 5.85. The van der Waals surface area contributed by atoms with Gasteiger partial charge >= 0.3 is 0 Å². The largest absolute Gasteiger partial charge is 0.326 e. The summed E-state index contributed by atoms with van der Waals surface area (Å²) in [5.41, 5.74) is 1.05. The third-order valence-electron chi connectivity index (χ3n) is 3.90. The Balaban J connectivity index is 2.08. The van der Waals surface area contributed by atoms with Crippen LogP contribution in [0.1, 0.15) is 31.7 Å². The quantitative estimate of drug-likeness (QED) is 0.873. The molecule has 1 aromatic carbocycles. The lowest BCUT2D eigenvalue weighted by Gasteiger charge is -2.35. The van der Waals surface area contributed by atoms with Gasteiger partial charge in [-0.05, 0) is 50.1 Å². The monoisotopic (exact) mass is 257 g/mol. The van der Waals surface area contributed by atoms with Gasteiger partial charge < -0.3 is 10.6 Å². The van der Waals surface area contributed by atoms with Crippen LogP contribution in [0.2, 0.25) is 0 Å². The van der Waals surface area contributed by atoms with Crippen molar-refractivity contribution in [3.05, 3.63) is 29.8 Å². The zero-order chi connectivity index (χ0) is 13.7. The minimum absolute atomic E-state index is 0.0758. The summed E-state index contributed by atoms with van der Waals surface area (Å²) in [5.74, 6) is 0.0758. The van der Waals surface area contributed by atoms with E-state index in [9.17, 15) is 4.79 Å². The van der Waals surface area contributed by atoms with E-state index in [-0.39, 0.29) is 11.3 Å². The van der Waals surface area contributed by atoms with Gasteiger partial charge in [-0.2, -0.15) is 5.26 Å². The summed E-state index contributed by atoms with van der Waals surface area (Å²) in [6.45, 7) is 3.79. The summed E-state index contributed by atoms with van der Waals surface area (Å²) in [6.07, 6.45) is 2.80. The van der Waals surface area contributed by atoms with E-state index >= 15 is 0 Å². The van der Waals surface area contributed by atoms with Crippen molar-refractivity contribution in [1.29, 1.82) is 5.26 Å². The highest BCUT2D eigenvalue weighted by Gasteiger charge is 2.37. The number of benzene rings is 1. The molecule has 1 fully saturated rings. The topological polar surface area (TPSA) is 64.9 Å². The molecule has 4 nitrogen and oxygen atoms in total. The predicted octanol–water partition coefficient (Wildman–Crippen LogP) is 2.28. The molecule has 100 valence electrons. The van der Waals surface area contributed by atoms with Crippen LogP contribution in [0.3, 0.4) is 0 Å². The fourth-order valence-corrected chi connectivity index (χ4v) is 2.52. The van der Waals surface area contributed by atoms with Crippen LogP contribution in [0.15, 0.2) is 24.3 Å². The number of piperidine rings is 1. The maximum absolute atomic E-state index is 12.5. The highest BCUT2D eigenvalue weighted by atomic mass is 16.2. The van der Waals surface area contributed by atoms with E-state index in [1.165, 1.54) is 0 Å². The van der Waals surface area contributed by atoms with Crippen LogP contribution < -0.4 is 10.6 Å². The molecular weight excluding hydrogens is 238 g/mol. The fourth-order valence-electron chi connectivity index (χ4n) is 2.52. The van der Waals surface area contributed by atoms with Crippen molar-refractivity contribution in [3.63, 3.8) is 0 Å². The number of nitriles is 1. The maximum Gasteiger partial charge on any atom is 0.231 e. The lowest BCUT2D eigenvalue weighted by atomic mass is 9.77. The number of hydrogen-bond acceptors (Lipinski definition) is 3. The second-order valence-corrected chi connectivity index (χ2v) is 5.06. The summed E-state index contributed by atoms with van der Waals surface area (Å²) in [6, 6.07) is 9.05. The number of carbonyl (C=O) groups is 1. The van der Waals surface area contributed by atoms with Gasteiger partial charge in [0.15, 0.2) is 0 Å². The normalized spacial score (nSPS) is 22.5. The average molecular weight is 257 g/mol. The SMILES string of the molecule is CCC1(C(=O)Nc2ccc(C#N)cc2)CCCNC1. The first-order chi connectivity index (χ1) is 9.20. The van der Waals surface area contributed by atoms with Gasteiger partial charge in [-0.25, -0.2) is 0 Å². The number of carbonyl (C=O) groups excluding carboxylic acids is 1. The Hall–Kier alpha value is -1.86. The molecule has 1 amide bonds. The average Bonchev–Trinajstić information content (AvgIpc) is 2.48. The number of hydrogen-bond donors (Lipinski definition) is 2. The fraction of sp³-hybridized carbons (Fsp3) is 0.467. The second-order valence-electron chi connectivity index (χ2n) is 5.06. The third kappa shape index (κ3) is 2.94. The number of rotatable bonds is 3. The number of nitrogens with zero attached hydrogens (tertiary/aromatic N) is 1. The van der Waals surface area contributed by atoms with Crippen LogP contribution in [-0.4, -0.2) is 19.0 Å². The molecular formula is C15H19N3O. The number of anilines is 1. The van der Waals surface area contributed by atoms with Crippen molar-refractivity contribution in [1.82, 2.24) is 5.32 Å². The van der Waals surface area contributed by atoms with E-state index in [2.05, 4.69) is 23.6 Å². The van der Waals surface area contributed by atoms with Gasteiger partial charge in [0, 0.05) is 12.2 Å². The Morgan fingerprint density at radius 2 is 2.21 bits per heavy atom. The van der Waals surface area contributed by atoms with E-state index < -0.39 is 0 Å². The predicted molar refractivity (Wildman–Crippen MR) is 74.6 cm³/mol. The van der Waals surface area contributed by atoms with E-state index in [0.717, 1.165) is 38.0 Å². The molecule has 19 heavy (non-hydrogen) atoms. The molecule has 0 radical (unpaired) electrons. The lowest BCUT2D eigenvalue weighted by molar-refractivity contribution is -0.126. The highest BCUT2D eigenvalue weighted by Crippen LogP contribution is 2.31. The van der Waals surface area contributed by atoms with Crippen molar-refractivity contribution in [2.24, 2.45) is 5.41 Å². The molecule has 1 atom stereocenters. The minimum Gasteiger partial charge on any atom is -0.326 e. The van der Waals surface area contributed by atoms with Gasteiger partial charge in [-0.15, -0.1) is 0 Å². The van der Waals surface area contributed by atoms with Gasteiger partial charge in [0.1, 0.15) is 0 Å². The first kappa shape index (κ1) is 13.6. The van der Waals surface area contributed by atoms with Crippen molar-refractivity contribution < 1.29 is 4.79 Å². The highest BCUT2D eigenvalue weighted by molar-refractivity contribution is 5.95. The van der Waals surface area contributed by atoms with Gasteiger partial charge in [0.2, 0.25) is 5.91 Å². The molecule has 4 heteroatoms. The molecule has 0 aromatic heterocycles. The van der Waals surface area contributed by atoms with Crippen LogP contribution in [-0.2, 0) is 4.79 Å². The van der Waals surface area contributed by atoms with Crippen LogP contribution in [0, 0.1) is 16.7 Å². The van der Waals surface area contributed by atoms with Gasteiger partial charge in [0.05, 0.1) is 17.0 Å². The van der Waals surface area contributed by atoms with E-state index in [0.29, 0.717) is 5.56 Å². The number of nitrogens with one attached hydrogen (secondary N) is 2. The molecule has 1 saturated heterocycles. The standard InChI is InChI=1S/C15H19N3O/c1-2-15(8-3-9-17-11-15)14(19)18-13-6-4-12(10-16)5-7-13/h4-7,17H,2-3,8-9,11H2,1H3,(H,18,19). The Morgan fingerprint density at radius 1 is 1.47 bits per heavy atom. The molecule has 1 heterocycles. The zero-order valence-corrected chi connectivity index (χ0v) is 11.2. The Kier molecular flexibility index (Phi) is 4.18. The smallest absolute Gasteiger partial charge is 0.231 e. The van der Waals surface area contributed by atoms with E-state index in [1.807, 2.05) is 0 Å². The maximum atomic E-state index is 12.5. The molecule has 0 bridgehead atoms. The molecule has 1 aromatic rings. The molecule has 1 aliphatic heterocycles. The van der Waals surface area contributed by atoms with E-state index in [1.54, 1.807) is 24.3 Å². The first-order valence-electron chi connectivity index (χ1n) is 6.72. The van der Waals surface area contributed by atoms with Gasteiger partial charge in [-0.3, -0.25) is 4.79 Å². The summed E-state index contributed by atoms with van der Waals surface area (Å²) < 4.78 is 0. The summed E-state index contributed by atoms with van der Waals surface area (Å²) in [4.78, 5) is 12.5. The van der Waals surface area contributed by atoms with Gasteiger partial charge in [-0.1, -0.05) is 6.92 Å². The van der Waals surface area contributed by atoms with Crippen molar-refractivity contribution in [2.75, 3.05) is 18.4 Å². The third-order valence-corrected chi connectivity index (χ3v) is 3.90. The zero-order valence-electron chi connectivity index (χ0n) is 11.2. The van der Waals surface area contributed by atoms with Gasteiger partial charge in [0.25, 0.3) is 0 Å². The van der Waals surface area contributed by atoms with Crippen molar-refractivity contribution in [2.45, 2.75) is 26.2 Å². The molecule has 0 saturated carbocycles. The summed E-state index contributed by atoms with van der Waals surface area (Å²) in [5, 5.41) is 15.0. The van der Waals surface area contributed by atoms with Crippen molar-refractivity contribution in [3.8, 4) is 6.07 Å². The molecule has 1 aliphatic rings. The first-order valence-corrected chi connectivity index (χ1v) is 6.72. The molecule has 0 aliphatic carbocycles.